The van der Waals surface area contributed by atoms with Crippen LogP contribution in [0.3, 0.4) is 0 Å². The number of hydrogen-bond acceptors (Lipinski definition) is 8. The third-order valence-corrected chi connectivity index (χ3v) is 4.03. The zero-order chi connectivity index (χ0) is 19.9. The van der Waals surface area contributed by atoms with Gasteiger partial charge in [-0.25, -0.2) is 9.59 Å². The lowest BCUT2D eigenvalue weighted by Crippen LogP contribution is -2.52. The van der Waals surface area contributed by atoms with E-state index in [1.807, 2.05) is 13.8 Å². The lowest BCUT2D eigenvalue weighted by Gasteiger charge is -2.23. The fourth-order valence-electron chi connectivity index (χ4n) is 2.19. The first-order valence-electron chi connectivity index (χ1n) is 8.39. The summed E-state index contributed by atoms with van der Waals surface area (Å²) >= 11 is 0. The van der Waals surface area contributed by atoms with Crippen LogP contribution < -0.4 is 16.4 Å². The van der Waals surface area contributed by atoms with Crippen LogP contribution >= 0.6 is 0 Å². The Morgan fingerprint density at radius 2 is 1.96 bits per heavy atom. The molecule has 11 heteroatoms. The molecule has 148 valence electrons. The Labute approximate surface area is 151 Å². The predicted octanol–water partition coefficient (Wildman–Crippen LogP) is -0.328. The van der Waals surface area contributed by atoms with Gasteiger partial charge in [0.15, 0.2) is 11.9 Å². The lowest BCUT2D eigenvalue weighted by molar-refractivity contribution is -0.141. The van der Waals surface area contributed by atoms with Gasteiger partial charge >= 0.3 is 12.0 Å². The van der Waals surface area contributed by atoms with E-state index in [-0.39, 0.29) is 30.7 Å². The molecule has 0 radical (unpaired) electrons. The van der Waals surface area contributed by atoms with E-state index in [4.69, 9.17) is 20.5 Å². The van der Waals surface area contributed by atoms with Gasteiger partial charge in [0.2, 0.25) is 5.89 Å². The number of nitrogens with zero attached hydrogens (tertiary/aromatic N) is 2. The molecule has 0 fully saturated rings. The number of carbonyl (C=O) groups is 2. The van der Waals surface area contributed by atoms with E-state index < -0.39 is 36.2 Å². The van der Waals surface area contributed by atoms with Gasteiger partial charge in [0.1, 0.15) is 6.04 Å². The molecule has 0 aliphatic rings. The minimum absolute atomic E-state index is 0.0991. The smallest absolute Gasteiger partial charge is 0.328 e. The highest BCUT2D eigenvalue weighted by atomic mass is 16.5. The van der Waals surface area contributed by atoms with E-state index in [9.17, 15) is 14.7 Å². The number of nitrogens with one attached hydrogen (secondary N) is 2. The maximum Gasteiger partial charge on any atom is 0.328 e. The highest BCUT2D eigenvalue weighted by Gasteiger charge is 2.30. The number of urea groups is 1. The molecule has 0 aliphatic carbocycles. The summed E-state index contributed by atoms with van der Waals surface area (Å²) in [5.74, 6) is -1.12. The molecule has 1 aromatic rings. The molecule has 5 atom stereocenters. The zero-order valence-corrected chi connectivity index (χ0v) is 15.0. The van der Waals surface area contributed by atoms with Gasteiger partial charge in [0, 0.05) is 6.61 Å². The first-order chi connectivity index (χ1) is 12.2. The molecule has 0 spiro atoms. The van der Waals surface area contributed by atoms with E-state index in [2.05, 4.69) is 20.8 Å². The number of aliphatic hydroxyl groups is 2. The summed E-state index contributed by atoms with van der Waals surface area (Å²) in [4.78, 5) is 27.4. The van der Waals surface area contributed by atoms with Crippen LogP contribution in [0.15, 0.2) is 4.52 Å². The standard InChI is InChI=1S/C15H27N5O6/c1-4-7(2)10(13-19-12(20-26-13)9(16)5-6-21)17-15(25)18-11(8(3)22)14(23)24/h7-11,21-22H,4-6,16H2,1-3H3,(H,23,24)(H2,17,18,25)/t7?,8?,9-,10-,11-/m0/s1. The Morgan fingerprint density at radius 3 is 2.46 bits per heavy atom. The fourth-order valence-corrected chi connectivity index (χ4v) is 2.19. The number of aliphatic carboxylic acids is 1. The number of nitrogens with two attached hydrogens (primary N) is 1. The summed E-state index contributed by atoms with van der Waals surface area (Å²) in [7, 11) is 0. The molecular formula is C15H27N5O6. The van der Waals surface area contributed by atoms with E-state index in [1.165, 1.54) is 6.92 Å². The van der Waals surface area contributed by atoms with Crippen LogP contribution in [0.4, 0.5) is 4.79 Å². The molecule has 0 bridgehead atoms. The third-order valence-electron chi connectivity index (χ3n) is 4.03. The second-order valence-electron chi connectivity index (χ2n) is 6.15. The Hall–Kier alpha value is -2.24. The number of carbonyl (C=O) groups excluding carboxylic acids is 1. The van der Waals surface area contributed by atoms with Crippen molar-refractivity contribution in [1.82, 2.24) is 20.8 Å². The maximum atomic E-state index is 12.2. The molecule has 7 N–H and O–H groups in total. The van der Waals surface area contributed by atoms with Crippen LogP contribution in [0.5, 0.6) is 0 Å². The third kappa shape index (κ3) is 5.93. The SMILES string of the molecule is CCC(C)[C@H](NC(=O)N[C@H](C(=O)O)C(C)O)c1nc([C@@H](N)CCO)no1. The van der Waals surface area contributed by atoms with Gasteiger partial charge in [-0.05, 0) is 19.3 Å². The quantitative estimate of drug-likeness (QED) is 0.319. The van der Waals surface area contributed by atoms with Crippen LogP contribution in [0, 0.1) is 5.92 Å². The van der Waals surface area contributed by atoms with Crippen LogP contribution in [0.25, 0.3) is 0 Å². The van der Waals surface area contributed by atoms with Crippen molar-refractivity contribution in [1.29, 1.82) is 0 Å². The number of hydrogen-bond donors (Lipinski definition) is 6. The predicted molar refractivity (Wildman–Crippen MR) is 89.9 cm³/mol. The molecule has 2 amide bonds. The summed E-state index contributed by atoms with van der Waals surface area (Å²) in [5.41, 5.74) is 5.82. The molecule has 26 heavy (non-hydrogen) atoms. The van der Waals surface area contributed by atoms with Crippen molar-refractivity contribution in [3.8, 4) is 0 Å². The molecule has 11 nitrogen and oxygen atoms in total. The van der Waals surface area contributed by atoms with Crippen molar-refractivity contribution in [3.05, 3.63) is 11.7 Å². The van der Waals surface area contributed by atoms with Crippen LogP contribution in [-0.2, 0) is 4.79 Å². The summed E-state index contributed by atoms with van der Waals surface area (Å²) in [5, 5.41) is 36.0. The van der Waals surface area contributed by atoms with Gasteiger partial charge in [-0.1, -0.05) is 25.4 Å². The van der Waals surface area contributed by atoms with Crippen molar-refractivity contribution < 1.29 is 29.4 Å². The van der Waals surface area contributed by atoms with Crippen LogP contribution in [0.1, 0.15) is 57.4 Å². The van der Waals surface area contributed by atoms with Gasteiger partial charge in [0.05, 0.1) is 12.1 Å². The molecule has 0 saturated heterocycles. The number of aromatic nitrogens is 2. The average molecular weight is 373 g/mol. The summed E-state index contributed by atoms with van der Waals surface area (Å²) in [6.07, 6.45) is -0.341. The molecule has 1 rings (SSSR count). The Kier molecular flexibility index (Phi) is 8.42. The first-order valence-corrected chi connectivity index (χ1v) is 8.39. The molecule has 2 unspecified atom stereocenters. The molecule has 0 saturated carbocycles. The number of aliphatic hydroxyl groups excluding tert-OH is 2. The van der Waals surface area contributed by atoms with Crippen molar-refractivity contribution >= 4 is 12.0 Å². The Morgan fingerprint density at radius 1 is 1.31 bits per heavy atom. The van der Waals surface area contributed by atoms with E-state index in [0.717, 1.165) is 0 Å². The number of amides is 2. The summed E-state index contributed by atoms with van der Waals surface area (Å²) in [6.45, 7) is 4.89. The number of carboxylic acids is 1. The van der Waals surface area contributed by atoms with Gasteiger partial charge < -0.3 is 36.2 Å². The van der Waals surface area contributed by atoms with E-state index >= 15 is 0 Å². The van der Waals surface area contributed by atoms with E-state index in [1.54, 1.807) is 0 Å². The van der Waals surface area contributed by atoms with Gasteiger partial charge in [-0.2, -0.15) is 4.98 Å². The zero-order valence-electron chi connectivity index (χ0n) is 15.0. The number of rotatable bonds is 10. The van der Waals surface area contributed by atoms with Gasteiger partial charge in [-0.15, -0.1) is 0 Å². The minimum atomic E-state index is -1.45. The minimum Gasteiger partial charge on any atom is -0.480 e. The van der Waals surface area contributed by atoms with Crippen LogP contribution in [0.2, 0.25) is 0 Å². The van der Waals surface area contributed by atoms with Crippen molar-refractivity contribution in [2.24, 2.45) is 11.7 Å². The second kappa shape index (κ2) is 10.0. The average Bonchev–Trinajstić information content (AvgIpc) is 3.06. The van der Waals surface area contributed by atoms with Crippen molar-refractivity contribution in [2.75, 3.05) is 6.61 Å². The summed E-state index contributed by atoms with van der Waals surface area (Å²) in [6, 6.07) is -3.52. The highest BCUT2D eigenvalue weighted by Crippen LogP contribution is 2.24. The largest absolute Gasteiger partial charge is 0.480 e. The molecule has 0 aromatic carbocycles. The Bertz CT molecular complexity index is 593. The van der Waals surface area contributed by atoms with Gasteiger partial charge in [0.25, 0.3) is 0 Å². The molecular weight excluding hydrogens is 346 g/mol. The monoisotopic (exact) mass is 373 g/mol. The normalized spacial score (nSPS) is 17.0. The second-order valence-corrected chi connectivity index (χ2v) is 6.15. The molecule has 1 aromatic heterocycles. The molecule has 0 aliphatic heterocycles. The first kappa shape index (κ1) is 21.8. The Balaban J connectivity index is 2.91. The molecule has 1 heterocycles. The summed E-state index contributed by atoms with van der Waals surface area (Å²) < 4.78 is 5.19. The van der Waals surface area contributed by atoms with Crippen molar-refractivity contribution in [3.63, 3.8) is 0 Å². The lowest BCUT2D eigenvalue weighted by atomic mass is 9.99. The highest BCUT2D eigenvalue weighted by molar-refractivity contribution is 5.83. The topological polar surface area (TPSA) is 184 Å². The van der Waals surface area contributed by atoms with E-state index in [0.29, 0.717) is 6.42 Å². The fraction of sp³-hybridized carbons (Fsp3) is 0.733. The number of carboxylic acid groups (broad SMARTS) is 1. The van der Waals surface area contributed by atoms with Crippen molar-refractivity contribution in [2.45, 2.75) is 57.8 Å². The maximum absolute atomic E-state index is 12.2. The van der Waals surface area contributed by atoms with Gasteiger partial charge in [-0.3, -0.25) is 0 Å². The van der Waals surface area contributed by atoms with Crippen LogP contribution in [-0.4, -0.2) is 56.2 Å².